The largest absolute Gasteiger partial charge is 0.300 e. The minimum atomic E-state index is -0.188. The third-order valence-corrected chi connectivity index (χ3v) is 5.42. The van der Waals surface area contributed by atoms with Gasteiger partial charge in [0.2, 0.25) is 0 Å². The van der Waals surface area contributed by atoms with Crippen molar-refractivity contribution in [2.24, 2.45) is 0 Å². The summed E-state index contributed by atoms with van der Waals surface area (Å²) in [6, 6.07) is 1.69. The number of hydrogen-bond acceptors (Lipinski definition) is 4. The molecular weight excluding hydrogens is 313 g/mol. The fourth-order valence-corrected chi connectivity index (χ4v) is 3.17. The van der Waals surface area contributed by atoms with Crippen LogP contribution in [0.1, 0.15) is 36.7 Å². The zero-order valence-electron chi connectivity index (χ0n) is 11.7. The topological polar surface area (TPSA) is 37.8 Å². The normalized spacial score (nSPS) is 14.2. The molecule has 0 saturated heterocycles. The van der Waals surface area contributed by atoms with Gasteiger partial charge in [-0.15, -0.1) is 11.3 Å². The van der Waals surface area contributed by atoms with E-state index in [1.807, 2.05) is 6.92 Å². The molecule has 0 aliphatic carbocycles. The van der Waals surface area contributed by atoms with E-state index in [4.69, 9.17) is 23.2 Å². The van der Waals surface area contributed by atoms with E-state index >= 15 is 0 Å². The van der Waals surface area contributed by atoms with Gasteiger partial charge in [0.1, 0.15) is 5.01 Å². The predicted molar refractivity (Wildman–Crippen MR) is 85.6 cm³/mol. The molecule has 0 amide bonds. The van der Waals surface area contributed by atoms with Crippen molar-refractivity contribution in [3.8, 4) is 0 Å². The zero-order chi connectivity index (χ0) is 14.8. The molecule has 2 heterocycles. The standard InChI is InChI=1S/C14H17Cl2N3S/c1-4-14(3,13-19-9(2)8-20-13)18-7-11-12(16)10(15)5-6-17-11/h5-6,8,18H,4,7H2,1-3H3. The van der Waals surface area contributed by atoms with Gasteiger partial charge in [-0.2, -0.15) is 0 Å². The predicted octanol–water partition coefficient (Wildman–Crippen LogP) is 4.57. The third kappa shape index (κ3) is 3.31. The van der Waals surface area contributed by atoms with E-state index in [0.717, 1.165) is 22.8 Å². The van der Waals surface area contributed by atoms with Gasteiger partial charge in [0.15, 0.2) is 0 Å². The van der Waals surface area contributed by atoms with E-state index in [-0.39, 0.29) is 5.54 Å². The van der Waals surface area contributed by atoms with Crippen molar-refractivity contribution < 1.29 is 0 Å². The van der Waals surface area contributed by atoms with Crippen molar-refractivity contribution in [3.05, 3.63) is 44.1 Å². The highest BCUT2D eigenvalue weighted by molar-refractivity contribution is 7.09. The number of aryl methyl sites for hydroxylation is 1. The summed E-state index contributed by atoms with van der Waals surface area (Å²) in [6.07, 6.45) is 2.60. The van der Waals surface area contributed by atoms with Gasteiger partial charge in [0.25, 0.3) is 0 Å². The van der Waals surface area contributed by atoms with Gasteiger partial charge in [-0.1, -0.05) is 30.1 Å². The molecular formula is C14H17Cl2N3S. The number of nitrogens with one attached hydrogen (secondary N) is 1. The van der Waals surface area contributed by atoms with Crippen LogP contribution in [0.4, 0.5) is 0 Å². The van der Waals surface area contributed by atoms with Crippen molar-refractivity contribution in [1.29, 1.82) is 0 Å². The summed E-state index contributed by atoms with van der Waals surface area (Å²) in [5, 5.41) is 7.69. The molecule has 0 radical (unpaired) electrons. The average Bonchev–Trinajstić information content (AvgIpc) is 2.87. The smallest absolute Gasteiger partial charge is 0.113 e. The molecule has 1 atom stereocenters. The molecule has 0 saturated carbocycles. The van der Waals surface area contributed by atoms with Gasteiger partial charge in [0.05, 0.1) is 21.3 Å². The molecule has 2 aromatic rings. The number of rotatable bonds is 5. The van der Waals surface area contributed by atoms with Crippen molar-refractivity contribution >= 4 is 34.5 Å². The van der Waals surface area contributed by atoms with Crippen LogP contribution in [0.5, 0.6) is 0 Å². The number of pyridine rings is 1. The van der Waals surface area contributed by atoms with Crippen molar-refractivity contribution in [1.82, 2.24) is 15.3 Å². The first kappa shape index (κ1) is 15.7. The molecule has 1 N–H and O–H groups in total. The van der Waals surface area contributed by atoms with Gasteiger partial charge >= 0.3 is 0 Å². The number of thiazole rings is 1. The van der Waals surface area contributed by atoms with Crippen molar-refractivity contribution in [2.75, 3.05) is 0 Å². The second kappa shape index (κ2) is 6.39. The Morgan fingerprint density at radius 3 is 2.75 bits per heavy atom. The number of aromatic nitrogens is 2. The fourth-order valence-electron chi connectivity index (χ4n) is 1.82. The molecule has 0 aliphatic rings. The highest BCUT2D eigenvalue weighted by Crippen LogP contribution is 2.29. The van der Waals surface area contributed by atoms with Gasteiger partial charge in [0, 0.05) is 23.8 Å². The molecule has 20 heavy (non-hydrogen) atoms. The monoisotopic (exact) mass is 329 g/mol. The Balaban J connectivity index is 2.17. The quantitative estimate of drug-likeness (QED) is 0.873. The molecule has 0 fully saturated rings. The first-order chi connectivity index (χ1) is 9.46. The Morgan fingerprint density at radius 2 is 2.15 bits per heavy atom. The lowest BCUT2D eigenvalue weighted by atomic mass is 9.99. The van der Waals surface area contributed by atoms with Crippen LogP contribution in [0.25, 0.3) is 0 Å². The highest BCUT2D eigenvalue weighted by atomic mass is 35.5. The highest BCUT2D eigenvalue weighted by Gasteiger charge is 2.27. The van der Waals surface area contributed by atoms with E-state index < -0.39 is 0 Å². The Morgan fingerprint density at radius 1 is 1.40 bits per heavy atom. The molecule has 2 aromatic heterocycles. The van der Waals surface area contributed by atoms with E-state index in [0.29, 0.717) is 16.6 Å². The van der Waals surface area contributed by atoms with Crippen LogP contribution in [0.3, 0.4) is 0 Å². The van der Waals surface area contributed by atoms with Crippen molar-refractivity contribution in [3.63, 3.8) is 0 Å². The molecule has 1 unspecified atom stereocenters. The molecule has 0 spiro atoms. The lowest BCUT2D eigenvalue weighted by molar-refractivity contribution is 0.347. The molecule has 0 bridgehead atoms. The molecule has 0 aliphatic heterocycles. The van der Waals surface area contributed by atoms with Crippen LogP contribution in [-0.2, 0) is 12.1 Å². The summed E-state index contributed by atoms with van der Waals surface area (Å²) < 4.78 is 0. The van der Waals surface area contributed by atoms with Crippen LogP contribution < -0.4 is 5.32 Å². The first-order valence-corrected chi connectivity index (χ1v) is 8.06. The van der Waals surface area contributed by atoms with Gasteiger partial charge < -0.3 is 0 Å². The minimum absolute atomic E-state index is 0.188. The first-order valence-electron chi connectivity index (χ1n) is 6.43. The maximum absolute atomic E-state index is 6.17. The number of nitrogens with zero attached hydrogens (tertiary/aromatic N) is 2. The van der Waals surface area contributed by atoms with Crippen molar-refractivity contribution in [2.45, 2.75) is 39.3 Å². The molecule has 108 valence electrons. The maximum Gasteiger partial charge on any atom is 0.113 e. The summed E-state index contributed by atoms with van der Waals surface area (Å²) in [4.78, 5) is 8.86. The van der Waals surface area contributed by atoms with Crippen LogP contribution in [-0.4, -0.2) is 9.97 Å². The van der Waals surface area contributed by atoms with Crippen LogP contribution >= 0.6 is 34.5 Å². The molecule has 0 aromatic carbocycles. The summed E-state index contributed by atoms with van der Waals surface area (Å²) in [6.45, 7) is 6.84. The SMILES string of the molecule is CCC(C)(NCc1nccc(Cl)c1Cl)c1nc(C)cs1. The second-order valence-electron chi connectivity index (χ2n) is 4.89. The summed E-state index contributed by atoms with van der Waals surface area (Å²) in [5.74, 6) is 0. The van der Waals surface area contributed by atoms with Gasteiger partial charge in [-0.3, -0.25) is 10.3 Å². The van der Waals surface area contributed by atoms with E-state index in [1.54, 1.807) is 23.6 Å². The third-order valence-electron chi connectivity index (χ3n) is 3.36. The fraction of sp³-hybridized carbons (Fsp3) is 0.429. The number of halogens is 2. The molecule has 6 heteroatoms. The second-order valence-corrected chi connectivity index (χ2v) is 6.53. The van der Waals surface area contributed by atoms with Crippen LogP contribution in [0, 0.1) is 6.92 Å². The average molecular weight is 330 g/mol. The number of hydrogen-bond donors (Lipinski definition) is 1. The Kier molecular flexibility index (Phi) is 5.02. The minimum Gasteiger partial charge on any atom is -0.300 e. The van der Waals surface area contributed by atoms with Crippen LogP contribution in [0.2, 0.25) is 10.0 Å². The Hall–Kier alpha value is -0.680. The maximum atomic E-state index is 6.17. The molecule has 3 nitrogen and oxygen atoms in total. The summed E-state index contributed by atoms with van der Waals surface area (Å²) >= 11 is 13.8. The zero-order valence-corrected chi connectivity index (χ0v) is 14.0. The van der Waals surface area contributed by atoms with Crippen LogP contribution in [0.15, 0.2) is 17.6 Å². The van der Waals surface area contributed by atoms with E-state index in [1.165, 1.54) is 0 Å². The lowest BCUT2D eigenvalue weighted by Gasteiger charge is -2.27. The lowest BCUT2D eigenvalue weighted by Crippen LogP contribution is -2.38. The van der Waals surface area contributed by atoms with E-state index in [2.05, 4.69) is 34.5 Å². The van der Waals surface area contributed by atoms with Gasteiger partial charge in [-0.25, -0.2) is 4.98 Å². The summed E-state index contributed by atoms with van der Waals surface area (Å²) in [7, 11) is 0. The van der Waals surface area contributed by atoms with Gasteiger partial charge in [-0.05, 0) is 26.3 Å². The Bertz CT molecular complexity index is 600. The summed E-state index contributed by atoms with van der Waals surface area (Å²) in [5.41, 5.74) is 1.62. The molecule has 2 rings (SSSR count). The Labute approximate surface area is 133 Å². The van der Waals surface area contributed by atoms with E-state index in [9.17, 15) is 0 Å².